The van der Waals surface area contributed by atoms with Crippen molar-refractivity contribution in [1.29, 1.82) is 0 Å². The van der Waals surface area contributed by atoms with Crippen molar-refractivity contribution in [1.82, 2.24) is 9.03 Å². The van der Waals surface area contributed by atoms with E-state index in [0.29, 0.717) is 5.56 Å². The van der Waals surface area contributed by atoms with Gasteiger partial charge >= 0.3 is 5.51 Å². The number of sulfone groups is 1. The van der Waals surface area contributed by atoms with Crippen molar-refractivity contribution in [3.8, 4) is 0 Å². The Bertz CT molecular complexity index is 1340. The molecule has 1 aliphatic heterocycles. The summed E-state index contributed by atoms with van der Waals surface area (Å²) in [6.45, 7) is 2.79. The fourth-order valence-corrected chi connectivity index (χ4v) is 8.00. The van der Waals surface area contributed by atoms with E-state index < -0.39 is 62.3 Å². The number of nitrogens with one attached hydrogen (secondary N) is 1. The Labute approximate surface area is 204 Å². The highest BCUT2D eigenvalue weighted by atomic mass is 32.2. The van der Waals surface area contributed by atoms with Gasteiger partial charge in [0.1, 0.15) is 15.6 Å². The zero-order valence-corrected chi connectivity index (χ0v) is 21.3. The average Bonchev–Trinajstić information content (AvgIpc) is 2.77. The molecule has 0 radical (unpaired) electrons. The largest absolute Gasteiger partial charge is 0.485 e. The highest BCUT2D eigenvalue weighted by Gasteiger charge is 2.41. The molecule has 35 heavy (non-hydrogen) atoms. The fourth-order valence-electron chi connectivity index (χ4n) is 3.72. The van der Waals surface area contributed by atoms with Gasteiger partial charge in [0.15, 0.2) is 11.0 Å². The van der Waals surface area contributed by atoms with Crippen molar-refractivity contribution in [2.75, 3.05) is 19.6 Å². The van der Waals surface area contributed by atoms with Crippen molar-refractivity contribution in [3.05, 3.63) is 53.8 Å². The molecule has 2 aromatic carbocycles. The highest BCUT2D eigenvalue weighted by molar-refractivity contribution is 7.93. The van der Waals surface area contributed by atoms with Crippen LogP contribution in [0.4, 0.5) is 17.6 Å². The Morgan fingerprint density at radius 2 is 1.60 bits per heavy atom. The third-order valence-corrected chi connectivity index (χ3v) is 10.6. The molecule has 0 aromatic heterocycles. The van der Waals surface area contributed by atoms with Crippen LogP contribution >= 0.6 is 0 Å². The second kappa shape index (κ2) is 9.88. The summed E-state index contributed by atoms with van der Waals surface area (Å²) in [6, 6.07) is 8.39. The van der Waals surface area contributed by atoms with Crippen LogP contribution in [-0.4, -0.2) is 50.5 Å². The maximum absolute atomic E-state index is 14.3. The second-order valence-corrected chi connectivity index (χ2v) is 13.7. The molecule has 3 rings (SSSR count). The fraction of sp³-hybridized carbons (Fsp3) is 0.429. The van der Waals surface area contributed by atoms with E-state index in [1.807, 2.05) is 4.72 Å². The van der Waals surface area contributed by atoms with Gasteiger partial charge in [-0.15, -0.1) is 0 Å². The topological polar surface area (TPSA) is 101 Å². The van der Waals surface area contributed by atoms with Crippen molar-refractivity contribution in [3.63, 3.8) is 0 Å². The lowest BCUT2D eigenvalue weighted by atomic mass is 9.81. The van der Waals surface area contributed by atoms with Crippen molar-refractivity contribution < 1.29 is 38.6 Å². The minimum atomic E-state index is -4.91. The van der Waals surface area contributed by atoms with E-state index >= 15 is 0 Å². The van der Waals surface area contributed by atoms with Crippen LogP contribution in [0.15, 0.2) is 57.2 Å². The summed E-state index contributed by atoms with van der Waals surface area (Å²) < 4.78 is 119. The molecular formula is C21H24F4N2O5S3. The normalized spacial score (nSPS) is 18.3. The third-order valence-electron chi connectivity index (χ3n) is 5.90. The molecule has 7 nitrogen and oxygen atoms in total. The summed E-state index contributed by atoms with van der Waals surface area (Å²) in [6.07, 6.45) is 0.297. The van der Waals surface area contributed by atoms with Gasteiger partial charge in [0.2, 0.25) is 19.9 Å². The van der Waals surface area contributed by atoms with E-state index in [1.54, 1.807) is 13.8 Å². The zero-order valence-electron chi connectivity index (χ0n) is 18.8. The third kappa shape index (κ3) is 5.93. The molecule has 1 saturated heterocycles. The SMILES string of the molecule is Cc1ccc(S(=O)(=O)N2CCC(C)(CNS(=O)C(F)(F)F)CC2)c(S(=O)(=O)c2ccccc2F)c1. The molecule has 1 heterocycles. The lowest BCUT2D eigenvalue weighted by Crippen LogP contribution is -2.47. The Morgan fingerprint density at radius 3 is 2.17 bits per heavy atom. The summed E-state index contributed by atoms with van der Waals surface area (Å²) in [5.74, 6) is -1.02. The summed E-state index contributed by atoms with van der Waals surface area (Å²) in [4.78, 5) is -1.72. The number of nitrogens with zero attached hydrogens (tertiary/aromatic N) is 1. The smallest absolute Gasteiger partial charge is 0.234 e. The number of alkyl halides is 3. The molecule has 0 saturated carbocycles. The van der Waals surface area contributed by atoms with Crippen LogP contribution in [0.5, 0.6) is 0 Å². The van der Waals surface area contributed by atoms with Crippen LogP contribution in [0.1, 0.15) is 25.3 Å². The minimum Gasteiger partial charge on any atom is -0.234 e. The van der Waals surface area contributed by atoms with E-state index in [9.17, 15) is 38.6 Å². The Hall–Kier alpha value is -1.87. The van der Waals surface area contributed by atoms with E-state index in [-0.39, 0.29) is 32.5 Å². The minimum absolute atomic E-state index is 0.0910. The van der Waals surface area contributed by atoms with Gasteiger partial charge in [-0.05, 0) is 55.0 Å². The van der Waals surface area contributed by atoms with Crippen LogP contribution < -0.4 is 4.72 Å². The predicted molar refractivity (Wildman–Crippen MR) is 121 cm³/mol. The van der Waals surface area contributed by atoms with E-state index in [4.69, 9.17) is 0 Å². The standard InChI is InChI=1S/C21H24F4N2O5S3/c1-15-7-8-18(19(13-15)34(29,30)17-6-4-3-5-16(17)22)35(31,32)27-11-9-20(2,10-12-27)14-26-33(28)21(23,24)25/h3-8,13,26H,9-12,14H2,1-2H3. The molecule has 1 atom stereocenters. The van der Waals surface area contributed by atoms with Gasteiger partial charge in [0.25, 0.3) is 0 Å². The number of halogens is 4. The van der Waals surface area contributed by atoms with Crippen LogP contribution in [0.25, 0.3) is 0 Å². The van der Waals surface area contributed by atoms with Crippen molar-refractivity contribution in [2.45, 2.75) is 46.9 Å². The van der Waals surface area contributed by atoms with E-state index in [0.717, 1.165) is 22.5 Å². The van der Waals surface area contributed by atoms with Gasteiger partial charge in [-0.25, -0.2) is 30.2 Å². The summed E-state index contributed by atoms with van der Waals surface area (Å²) in [7, 11) is -12.1. The summed E-state index contributed by atoms with van der Waals surface area (Å²) >= 11 is 0. The van der Waals surface area contributed by atoms with Gasteiger partial charge in [-0.3, -0.25) is 0 Å². The van der Waals surface area contributed by atoms with Gasteiger partial charge < -0.3 is 0 Å². The highest BCUT2D eigenvalue weighted by Crippen LogP contribution is 2.36. The van der Waals surface area contributed by atoms with Crippen LogP contribution in [0.2, 0.25) is 0 Å². The number of hydrogen-bond acceptors (Lipinski definition) is 5. The molecule has 1 fully saturated rings. The predicted octanol–water partition coefficient (Wildman–Crippen LogP) is 3.53. The molecule has 1 unspecified atom stereocenters. The second-order valence-electron chi connectivity index (χ2n) is 8.63. The Morgan fingerprint density at radius 1 is 1.00 bits per heavy atom. The van der Waals surface area contributed by atoms with Gasteiger partial charge in [-0.1, -0.05) is 25.1 Å². The molecule has 1 N–H and O–H groups in total. The van der Waals surface area contributed by atoms with Crippen LogP contribution in [-0.2, 0) is 30.8 Å². The molecule has 2 aromatic rings. The van der Waals surface area contributed by atoms with Gasteiger partial charge in [0, 0.05) is 19.6 Å². The average molecular weight is 557 g/mol. The number of aryl methyl sites for hydroxylation is 1. The number of hydrogen-bond donors (Lipinski definition) is 1. The lowest BCUT2D eigenvalue weighted by molar-refractivity contribution is -0.0397. The monoisotopic (exact) mass is 556 g/mol. The molecule has 0 amide bonds. The molecule has 0 aliphatic carbocycles. The molecule has 1 aliphatic rings. The molecule has 0 spiro atoms. The van der Waals surface area contributed by atoms with Gasteiger partial charge in [-0.2, -0.15) is 17.5 Å². The molecular weight excluding hydrogens is 532 g/mol. The molecule has 0 bridgehead atoms. The number of benzene rings is 2. The van der Waals surface area contributed by atoms with Crippen molar-refractivity contribution in [2.24, 2.45) is 5.41 Å². The lowest BCUT2D eigenvalue weighted by Gasteiger charge is -2.39. The van der Waals surface area contributed by atoms with Crippen LogP contribution in [0, 0.1) is 18.2 Å². The van der Waals surface area contributed by atoms with Crippen LogP contribution in [0.3, 0.4) is 0 Å². The Balaban J connectivity index is 1.88. The first kappa shape index (κ1) is 27.7. The van der Waals surface area contributed by atoms with E-state index in [2.05, 4.69) is 0 Å². The maximum Gasteiger partial charge on any atom is 0.485 e. The van der Waals surface area contributed by atoms with Gasteiger partial charge in [0.05, 0.1) is 4.90 Å². The first-order valence-corrected chi connectivity index (χ1v) is 14.5. The Kier molecular flexibility index (Phi) is 7.83. The number of sulfonamides is 1. The zero-order chi connectivity index (χ0) is 26.2. The van der Waals surface area contributed by atoms with E-state index in [1.165, 1.54) is 24.3 Å². The first-order chi connectivity index (χ1) is 16.1. The summed E-state index contributed by atoms with van der Waals surface area (Å²) in [5.41, 5.74) is -5.22. The van der Waals surface area contributed by atoms with Crippen molar-refractivity contribution >= 4 is 30.8 Å². The number of rotatable bonds is 7. The molecule has 14 heteroatoms. The summed E-state index contributed by atoms with van der Waals surface area (Å²) in [5, 5.41) is 0. The molecule has 194 valence electrons. The quantitative estimate of drug-likeness (QED) is 0.526. The first-order valence-electron chi connectivity index (χ1n) is 10.4. The maximum atomic E-state index is 14.3. The number of piperidine rings is 1.